The van der Waals surface area contributed by atoms with Crippen molar-refractivity contribution >= 4 is 11.6 Å². The van der Waals surface area contributed by atoms with Gasteiger partial charge in [0.2, 0.25) is 5.91 Å². The van der Waals surface area contributed by atoms with Crippen molar-refractivity contribution in [3.8, 4) is 0 Å². The number of piperidine rings is 1. The van der Waals surface area contributed by atoms with Crippen LogP contribution in [0.5, 0.6) is 0 Å². The third kappa shape index (κ3) is 4.37. The Kier molecular flexibility index (Phi) is 6.81. The fourth-order valence-electron chi connectivity index (χ4n) is 3.70. The second kappa shape index (κ2) is 8.63. The third-order valence-corrected chi connectivity index (χ3v) is 5.46. The zero-order valence-electron chi connectivity index (χ0n) is 15.9. The van der Waals surface area contributed by atoms with Gasteiger partial charge in [-0.15, -0.1) is 0 Å². The van der Waals surface area contributed by atoms with E-state index in [1.807, 2.05) is 18.2 Å². The Bertz CT molecular complexity index is 515. The first-order valence-corrected chi connectivity index (χ1v) is 9.27. The number of nitrogens with zero attached hydrogens (tertiary/aromatic N) is 3. The molecule has 1 saturated heterocycles. The predicted molar refractivity (Wildman–Crippen MR) is 101 cm³/mol. The molecule has 0 aliphatic carbocycles. The number of likely N-dealkylation sites (N-methyl/N-ethyl adjacent to an activating group) is 1. The fourth-order valence-corrected chi connectivity index (χ4v) is 3.70. The summed E-state index contributed by atoms with van der Waals surface area (Å²) in [6, 6.07) is 11.0. The average molecular weight is 332 g/mol. The number of hydrogen-bond donors (Lipinski definition) is 0. The lowest BCUT2D eigenvalue weighted by Crippen LogP contribution is -2.56. The molecule has 0 aromatic heterocycles. The van der Waals surface area contributed by atoms with Gasteiger partial charge >= 0.3 is 0 Å². The quantitative estimate of drug-likeness (QED) is 0.801. The first-order valence-electron chi connectivity index (χ1n) is 9.27. The van der Waals surface area contributed by atoms with Gasteiger partial charge in [0.25, 0.3) is 0 Å². The Hall–Kier alpha value is -1.39. The highest BCUT2D eigenvalue weighted by Gasteiger charge is 2.36. The monoisotopic (exact) mass is 331 g/mol. The standard InChI is InChI=1S/C20H33N3O/c1-6-22(7-2)15-20(24)23(18-11-9-8-10-12-18)19-13-17(4)21(5)14-16(19)3/h8-12,16-17,19H,6-7,13-15H2,1-5H3. The molecule has 1 aliphatic rings. The summed E-state index contributed by atoms with van der Waals surface area (Å²) >= 11 is 0. The molecule has 3 atom stereocenters. The van der Waals surface area contributed by atoms with E-state index < -0.39 is 0 Å². The largest absolute Gasteiger partial charge is 0.308 e. The number of hydrogen-bond acceptors (Lipinski definition) is 3. The lowest BCUT2D eigenvalue weighted by molar-refractivity contribution is -0.120. The van der Waals surface area contributed by atoms with Crippen LogP contribution in [0.1, 0.15) is 34.1 Å². The number of amides is 1. The number of para-hydroxylation sites is 1. The lowest BCUT2D eigenvalue weighted by atomic mass is 9.88. The molecule has 1 aromatic rings. The van der Waals surface area contributed by atoms with Crippen molar-refractivity contribution in [2.45, 2.75) is 46.2 Å². The zero-order valence-corrected chi connectivity index (χ0v) is 15.9. The molecule has 0 N–H and O–H groups in total. The summed E-state index contributed by atoms with van der Waals surface area (Å²) in [5.41, 5.74) is 1.03. The highest BCUT2D eigenvalue weighted by Crippen LogP contribution is 2.29. The third-order valence-electron chi connectivity index (χ3n) is 5.46. The second-order valence-electron chi connectivity index (χ2n) is 7.13. The molecular formula is C20H33N3O. The van der Waals surface area contributed by atoms with Crippen LogP contribution in [-0.4, -0.2) is 61.0 Å². The number of benzene rings is 1. The van der Waals surface area contributed by atoms with Crippen molar-refractivity contribution < 1.29 is 4.79 Å². The van der Waals surface area contributed by atoms with Crippen LogP contribution in [0.25, 0.3) is 0 Å². The number of rotatable bonds is 6. The van der Waals surface area contributed by atoms with E-state index >= 15 is 0 Å². The van der Waals surface area contributed by atoms with Crippen molar-refractivity contribution in [2.75, 3.05) is 38.1 Å². The maximum Gasteiger partial charge on any atom is 0.241 e. The molecule has 1 heterocycles. The maximum atomic E-state index is 13.2. The van der Waals surface area contributed by atoms with E-state index in [9.17, 15) is 4.79 Å². The molecule has 0 bridgehead atoms. The van der Waals surface area contributed by atoms with Gasteiger partial charge in [-0.1, -0.05) is 39.0 Å². The molecule has 4 heteroatoms. The second-order valence-corrected chi connectivity index (χ2v) is 7.13. The maximum absolute atomic E-state index is 13.2. The van der Waals surface area contributed by atoms with Gasteiger partial charge in [-0.3, -0.25) is 9.69 Å². The normalized spacial score (nSPS) is 25.0. The molecule has 0 saturated carbocycles. The van der Waals surface area contributed by atoms with E-state index in [0.717, 1.165) is 31.7 Å². The molecule has 4 nitrogen and oxygen atoms in total. The molecule has 134 valence electrons. The van der Waals surface area contributed by atoms with E-state index in [2.05, 4.69) is 61.6 Å². The number of anilines is 1. The van der Waals surface area contributed by atoms with E-state index in [-0.39, 0.29) is 11.9 Å². The van der Waals surface area contributed by atoms with Gasteiger partial charge in [0.05, 0.1) is 6.54 Å². The lowest BCUT2D eigenvalue weighted by Gasteiger charge is -2.45. The van der Waals surface area contributed by atoms with Crippen LogP contribution in [0.15, 0.2) is 30.3 Å². The van der Waals surface area contributed by atoms with Crippen molar-refractivity contribution in [3.63, 3.8) is 0 Å². The van der Waals surface area contributed by atoms with Gasteiger partial charge < -0.3 is 9.80 Å². The van der Waals surface area contributed by atoms with Crippen LogP contribution in [-0.2, 0) is 4.79 Å². The Morgan fingerprint density at radius 3 is 2.38 bits per heavy atom. The van der Waals surface area contributed by atoms with Crippen LogP contribution in [0.2, 0.25) is 0 Å². The molecule has 1 aromatic carbocycles. The summed E-state index contributed by atoms with van der Waals surface area (Å²) in [6.07, 6.45) is 1.02. The van der Waals surface area contributed by atoms with Gasteiger partial charge in [-0.25, -0.2) is 0 Å². The Balaban J connectivity index is 2.28. The molecule has 1 amide bonds. The molecule has 1 fully saturated rings. The van der Waals surface area contributed by atoms with E-state index in [1.165, 1.54) is 0 Å². The first kappa shape index (κ1) is 18.9. The Morgan fingerprint density at radius 2 is 1.79 bits per heavy atom. The van der Waals surface area contributed by atoms with Crippen molar-refractivity contribution in [1.29, 1.82) is 0 Å². The zero-order chi connectivity index (χ0) is 17.7. The topological polar surface area (TPSA) is 26.8 Å². The molecule has 0 spiro atoms. The minimum absolute atomic E-state index is 0.221. The van der Waals surface area contributed by atoms with Gasteiger partial charge in [-0.2, -0.15) is 0 Å². The molecule has 2 rings (SSSR count). The highest BCUT2D eigenvalue weighted by molar-refractivity contribution is 5.95. The smallest absolute Gasteiger partial charge is 0.241 e. The fraction of sp³-hybridized carbons (Fsp3) is 0.650. The van der Waals surface area contributed by atoms with Gasteiger partial charge in [-0.05, 0) is 51.5 Å². The van der Waals surface area contributed by atoms with Crippen LogP contribution in [0.3, 0.4) is 0 Å². The summed E-state index contributed by atoms with van der Waals surface area (Å²) in [5.74, 6) is 0.686. The van der Waals surface area contributed by atoms with Crippen LogP contribution < -0.4 is 4.90 Å². The summed E-state index contributed by atoms with van der Waals surface area (Å²) < 4.78 is 0. The summed E-state index contributed by atoms with van der Waals surface area (Å²) in [6.45, 7) is 12.1. The highest BCUT2D eigenvalue weighted by atomic mass is 16.2. The number of likely N-dealkylation sites (tertiary alicyclic amines) is 1. The Labute approximate surface area is 147 Å². The van der Waals surface area contributed by atoms with E-state index in [1.54, 1.807) is 0 Å². The molecule has 1 aliphatic heterocycles. The van der Waals surface area contributed by atoms with Crippen molar-refractivity contribution in [1.82, 2.24) is 9.80 Å². The summed E-state index contributed by atoms with van der Waals surface area (Å²) in [5, 5.41) is 0. The average Bonchev–Trinajstić information content (AvgIpc) is 2.58. The SMILES string of the molecule is CCN(CC)CC(=O)N(c1ccccc1)C1CC(C)N(C)CC1C. The van der Waals surface area contributed by atoms with E-state index in [0.29, 0.717) is 18.5 Å². The van der Waals surface area contributed by atoms with Crippen LogP contribution in [0.4, 0.5) is 5.69 Å². The van der Waals surface area contributed by atoms with Crippen molar-refractivity contribution in [2.24, 2.45) is 5.92 Å². The van der Waals surface area contributed by atoms with Crippen molar-refractivity contribution in [3.05, 3.63) is 30.3 Å². The predicted octanol–water partition coefficient (Wildman–Crippen LogP) is 3.09. The molecular weight excluding hydrogens is 298 g/mol. The summed E-state index contributed by atoms with van der Waals surface area (Å²) in [7, 11) is 2.18. The van der Waals surface area contributed by atoms with E-state index in [4.69, 9.17) is 0 Å². The first-order chi connectivity index (χ1) is 11.5. The van der Waals surface area contributed by atoms with Crippen LogP contribution >= 0.6 is 0 Å². The molecule has 3 unspecified atom stereocenters. The number of carbonyl (C=O) groups excluding carboxylic acids is 1. The van der Waals surface area contributed by atoms with Gasteiger partial charge in [0, 0.05) is 24.3 Å². The Morgan fingerprint density at radius 1 is 1.17 bits per heavy atom. The minimum atomic E-state index is 0.221. The van der Waals surface area contributed by atoms with Crippen LogP contribution in [0, 0.1) is 5.92 Å². The molecule has 24 heavy (non-hydrogen) atoms. The summed E-state index contributed by atoms with van der Waals surface area (Å²) in [4.78, 5) is 19.8. The number of carbonyl (C=O) groups is 1. The van der Waals surface area contributed by atoms with Gasteiger partial charge in [0.15, 0.2) is 0 Å². The van der Waals surface area contributed by atoms with Gasteiger partial charge in [0.1, 0.15) is 0 Å². The minimum Gasteiger partial charge on any atom is -0.308 e. The molecule has 0 radical (unpaired) electrons.